The van der Waals surface area contributed by atoms with Gasteiger partial charge in [0.05, 0.1) is 12.8 Å². The molecule has 0 aromatic heterocycles. The van der Waals surface area contributed by atoms with Crippen LogP contribution >= 0.6 is 11.6 Å². The summed E-state index contributed by atoms with van der Waals surface area (Å²) < 4.78 is 10.3. The lowest BCUT2D eigenvalue weighted by atomic mass is 9.99. The molecule has 2 aromatic carbocycles. The smallest absolute Gasteiger partial charge is 0.355 e. The van der Waals surface area contributed by atoms with Crippen molar-refractivity contribution in [1.82, 2.24) is 5.43 Å². The fraction of sp³-hybridized carbons (Fsp3) is 0.158. The van der Waals surface area contributed by atoms with E-state index in [1.54, 1.807) is 48.5 Å². The molecule has 2 amide bonds. The number of carbonyl (C=O) groups excluding carboxylic acids is 3. The Kier molecular flexibility index (Phi) is 4.48. The number of anilines is 1. The van der Waals surface area contributed by atoms with E-state index in [1.807, 2.05) is 0 Å². The summed E-state index contributed by atoms with van der Waals surface area (Å²) in [6, 6.07) is 12.4. The van der Waals surface area contributed by atoms with Crippen molar-refractivity contribution < 1.29 is 23.9 Å². The molecule has 0 bridgehead atoms. The minimum absolute atomic E-state index is 0.101. The van der Waals surface area contributed by atoms with E-state index >= 15 is 0 Å². The van der Waals surface area contributed by atoms with E-state index in [0.717, 1.165) is 4.90 Å². The second kappa shape index (κ2) is 6.97. The molecule has 2 atom stereocenters. The molecule has 0 aliphatic carbocycles. The van der Waals surface area contributed by atoms with Crippen molar-refractivity contribution >= 4 is 40.8 Å². The average Bonchev–Trinajstić information content (AvgIpc) is 3.24. The average molecular weight is 400 g/mol. The molecule has 8 nitrogen and oxygen atoms in total. The van der Waals surface area contributed by atoms with Gasteiger partial charge in [0.25, 0.3) is 5.91 Å². The number of amides is 2. The molecule has 2 aromatic rings. The third-order valence-electron chi connectivity index (χ3n) is 4.46. The van der Waals surface area contributed by atoms with Crippen molar-refractivity contribution in [3.8, 4) is 11.5 Å². The lowest BCUT2D eigenvalue weighted by Gasteiger charge is -2.16. The summed E-state index contributed by atoms with van der Waals surface area (Å²) in [6.07, 6.45) is 0. The summed E-state index contributed by atoms with van der Waals surface area (Å²) in [7, 11) is 1.19. The molecule has 2 aliphatic heterocycles. The normalized spacial score (nSPS) is 20.5. The molecule has 0 spiro atoms. The molecule has 1 fully saturated rings. The van der Waals surface area contributed by atoms with Crippen LogP contribution in [0.1, 0.15) is 0 Å². The summed E-state index contributed by atoms with van der Waals surface area (Å²) in [4.78, 5) is 38.2. The monoisotopic (exact) mass is 399 g/mol. The number of nitrogens with zero attached hydrogens (tertiary/aromatic N) is 2. The van der Waals surface area contributed by atoms with Gasteiger partial charge < -0.3 is 9.47 Å². The van der Waals surface area contributed by atoms with Gasteiger partial charge >= 0.3 is 5.97 Å². The predicted molar refractivity (Wildman–Crippen MR) is 100 cm³/mol. The highest BCUT2D eigenvalue weighted by molar-refractivity contribution is 6.46. The van der Waals surface area contributed by atoms with Crippen molar-refractivity contribution in [3.05, 3.63) is 53.6 Å². The summed E-state index contributed by atoms with van der Waals surface area (Å²) in [5.41, 5.74) is 2.83. The van der Waals surface area contributed by atoms with E-state index in [2.05, 4.69) is 15.3 Å². The van der Waals surface area contributed by atoms with Crippen LogP contribution in [0.3, 0.4) is 0 Å². The number of rotatable bonds is 4. The van der Waals surface area contributed by atoms with Gasteiger partial charge in [-0.2, -0.15) is 5.10 Å². The zero-order valence-corrected chi connectivity index (χ0v) is 15.3. The Balaban J connectivity index is 1.54. The number of methoxy groups -OCH3 is 1. The number of hydrogen-bond donors (Lipinski definition) is 1. The van der Waals surface area contributed by atoms with E-state index < -0.39 is 29.7 Å². The standard InChI is InChI=1S/C19H14ClN3O5/c1-27-19(26)16-14-15(21-22-16)18(25)23(17(14)24)11-4-8-13(9-5-11)28-12-6-2-10(20)3-7-12/h2-9,14-15,21H,1H3. The number of ether oxygens (including phenoxy) is 2. The Morgan fingerprint density at radius 3 is 2.25 bits per heavy atom. The molecular formula is C19H14ClN3O5. The third-order valence-corrected chi connectivity index (χ3v) is 4.72. The van der Waals surface area contributed by atoms with Crippen LogP contribution in [-0.4, -0.2) is 36.6 Å². The number of fused-ring (bicyclic) bond motifs is 1. The number of carbonyl (C=O) groups is 3. The van der Waals surface area contributed by atoms with E-state index in [0.29, 0.717) is 22.2 Å². The Labute approximate surface area is 164 Å². The third kappa shape index (κ3) is 2.97. The van der Waals surface area contributed by atoms with Crippen LogP contribution in [0, 0.1) is 5.92 Å². The van der Waals surface area contributed by atoms with Crippen LogP contribution in [0.5, 0.6) is 11.5 Å². The molecule has 9 heteroatoms. The van der Waals surface area contributed by atoms with Gasteiger partial charge in [-0.1, -0.05) is 11.6 Å². The quantitative estimate of drug-likeness (QED) is 0.624. The topological polar surface area (TPSA) is 97.3 Å². The Morgan fingerprint density at radius 1 is 1.04 bits per heavy atom. The highest BCUT2D eigenvalue weighted by Crippen LogP contribution is 2.32. The number of nitrogens with one attached hydrogen (secondary N) is 1. The maximum absolute atomic E-state index is 12.8. The molecule has 2 unspecified atom stereocenters. The number of imide groups is 1. The number of benzene rings is 2. The molecule has 4 rings (SSSR count). The molecule has 28 heavy (non-hydrogen) atoms. The molecule has 2 heterocycles. The van der Waals surface area contributed by atoms with Gasteiger partial charge in [-0.15, -0.1) is 0 Å². The number of halogens is 1. The van der Waals surface area contributed by atoms with Crippen LogP contribution in [-0.2, 0) is 19.1 Å². The molecule has 0 saturated carbocycles. The fourth-order valence-electron chi connectivity index (χ4n) is 3.12. The first-order valence-corrected chi connectivity index (χ1v) is 8.70. The number of hydrogen-bond acceptors (Lipinski definition) is 7. The fourth-order valence-corrected chi connectivity index (χ4v) is 3.24. The number of esters is 1. The SMILES string of the molecule is COC(=O)C1=NNC2C(=O)N(c3ccc(Oc4ccc(Cl)cc4)cc3)C(=O)C12. The first-order chi connectivity index (χ1) is 13.5. The maximum Gasteiger partial charge on any atom is 0.355 e. The van der Waals surface area contributed by atoms with E-state index in [1.165, 1.54) is 7.11 Å². The second-order valence-corrected chi connectivity index (χ2v) is 6.57. The van der Waals surface area contributed by atoms with E-state index in [4.69, 9.17) is 16.3 Å². The van der Waals surface area contributed by atoms with Crippen LogP contribution in [0.25, 0.3) is 0 Å². The van der Waals surface area contributed by atoms with E-state index in [-0.39, 0.29) is 5.71 Å². The van der Waals surface area contributed by atoms with Crippen LogP contribution in [0.15, 0.2) is 53.6 Å². The molecular weight excluding hydrogens is 386 g/mol. The summed E-state index contributed by atoms with van der Waals surface area (Å²) in [6.45, 7) is 0. The lowest BCUT2D eigenvalue weighted by molar-refractivity contribution is -0.133. The summed E-state index contributed by atoms with van der Waals surface area (Å²) >= 11 is 5.85. The Morgan fingerprint density at radius 2 is 1.64 bits per heavy atom. The molecule has 1 saturated heterocycles. The van der Waals surface area contributed by atoms with Crippen molar-refractivity contribution in [2.45, 2.75) is 6.04 Å². The second-order valence-electron chi connectivity index (χ2n) is 6.13. The Hall–Kier alpha value is -3.39. The van der Waals surface area contributed by atoms with Gasteiger partial charge in [-0.3, -0.25) is 15.0 Å². The van der Waals surface area contributed by atoms with Crippen molar-refractivity contribution in [2.75, 3.05) is 12.0 Å². The molecule has 2 aliphatic rings. The van der Waals surface area contributed by atoms with Gasteiger partial charge in [0.2, 0.25) is 5.91 Å². The van der Waals surface area contributed by atoms with Crippen molar-refractivity contribution in [1.29, 1.82) is 0 Å². The highest BCUT2D eigenvalue weighted by Gasteiger charge is 2.55. The van der Waals surface area contributed by atoms with Gasteiger partial charge in [0, 0.05) is 5.02 Å². The van der Waals surface area contributed by atoms with Crippen LogP contribution in [0.4, 0.5) is 5.69 Å². The molecule has 142 valence electrons. The van der Waals surface area contributed by atoms with E-state index in [9.17, 15) is 14.4 Å². The van der Waals surface area contributed by atoms with Crippen molar-refractivity contribution in [3.63, 3.8) is 0 Å². The minimum atomic E-state index is -0.995. The maximum atomic E-state index is 12.8. The van der Waals surface area contributed by atoms with Gasteiger partial charge in [0.15, 0.2) is 5.71 Å². The Bertz CT molecular complexity index is 988. The van der Waals surface area contributed by atoms with Gasteiger partial charge in [-0.25, -0.2) is 9.69 Å². The van der Waals surface area contributed by atoms with Gasteiger partial charge in [-0.05, 0) is 48.5 Å². The minimum Gasteiger partial charge on any atom is -0.464 e. The van der Waals surface area contributed by atoms with Crippen molar-refractivity contribution in [2.24, 2.45) is 11.0 Å². The zero-order valence-electron chi connectivity index (χ0n) is 14.6. The van der Waals surface area contributed by atoms with Crippen LogP contribution < -0.4 is 15.1 Å². The largest absolute Gasteiger partial charge is 0.464 e. The number of hydrazone groups is 1. The van der Waals surface area contributed by atoms with Crippen LogP contribution in [0.2, 0.25) is 5.02 Å². The first kappa shape index (κ1) is 18.0. The summed E-state index contributed by atoms with van der Waals surface area (Å²) in [5.74, 6) is -1.62. The lowest BCUT2D eigenvalue weighted by Crippen LogP contribution is -2.36. The first-order valence-electron chi connectivity index (χ1n) is 8.32. The summed E-state index contributed by atoms with van der Waals surface area (Å²) in [5, 5.41) is 4.38. The van der Waals surface area contributed by atoms with Gasteiger partial charge in [0.1, 0.15) is 23.5 Å². The zero-order chi connectivity index (χ0) is 19.8. The molecule has 0 radical (unpaired) electrons. The highest BCUT2D eigenvalue weighted by atomic mass is 35.5. The predicted octanol–water partition coefficient (Wildman–Crippen LogP) is 2.12. The molecule has 1 N–H and O–H groups in total.